The number of carbonyl (C=O) groups is 2. The fourth-order valence-electron chi connectivity index (χ4n) is 4.86. The number of aryl methyl sites for hydroxylation is 3. The molecular formula is C30H31N5O2. The Labute approximate surface area is 216 Å². The van der Waals surface area contributed by atoms with Gasteiger partial charge in [-0.15, -0.1) is 0 Å². The van der Waals surface area contributed by atoms with E-state index in [1.165, 1.54) is 5.56 Å². The first-order valence-electron chi connectivity index (χ1n) is 12.6. The summed E-state index contributed by atoms with van der Waals surface area (Å²) in [6.07, 6.45) is 1.90. The van der Waals surface area contributed by atoms with Crippen LogP contribution in [0.5, 0.6) is 0 Å². The van der Waals surface area contributed by atoms with Crippen molar-refractivity contribution in [2.75, 3.05) is 29.0 Å². The molecule has 0 aliphatic carbocycles. The Morgan fingerprint density at radius 1 is 0.892 bits per heavy atom. The van der Waals surface area contributed by atoms with Gasteiger partial charge in [-0.1, -0.05) is 30.3 Å². The molecule has 0 saturated heterocycles. The summed E-state index contributed by atoms with van der Waals surface area (Å²) in [5.74, 6) is -0.276. The smallest absolute Gasteiger partial charge is 0.298 e. The summed E-state index contributed by atoms with van der Waals surface area (Å²) >= 11 is 0. The van der Waals surface area contributed by atoms with E-state index in [0.717, 1.165) is 53.4 Å². The van der Waals surface area contributed by atoms with E-state index < -0.39 is 11.7 Å². The lowest BCUT2D eigenvalue weighted by molar-refractivity contribution is -0.112. The van der Waals surface area contributed by atoms with Gasteiger partial charge in [0.05, 0.1) is 0 Å². The molecule has 2 aromatic heterocycles. The molecule has 2 aromatic carbocycles. The van der Waals surface area contributed by atoms with Crippen LogP contribution in [0.3, 0.4) is 0 Å². The number of rotatable bonds is 9. The van der Waals surface area contributed by atoms with E-state index in [1.54, 1.807) is 12.1 Å². The normalized spacial score (nSPS) is 12.2. The average Bonchev–Trinajstić information content (AvgIpc) is 3.49. The van der Waals surface area contributed by atoms with Crippen molar-refractivity contribution in [3.05, 3.63) is 95.4 Å². The topological polar surface area (TPSA) is 88.1 Å². The number of hydrogen-bond acceptors (Lipinski definition) is 5. The van der Waals surface area contributed by atoms with E-state index >= 15 is 0 Å². The third-order valence-corrected chi connectivity index (χ3v) is 6.50. The number of carbonyl (C=O) groups excluding carboxylic acids is 2. The van der Waals surface area contributed by atoms with Gasteiger partial charge in [0, 0.05) is 48.0 Å². The van der Waals surface area contributed by atoms with Gasteiger partial charge in [-0.25, -0.2) is 4.98 Å². The molecule has 0 spiro atoms. The van der Waals surface area contributed by atoms with E-state index in [1.807, 2.05) is 72.2 Å². The maximum Gasteiger partial charge on any atom is 0.298 e. The van der Waals surface area contributed by atoms with Gasteiger partial charge in [-0.2, -0.15) is 0 Å². The molecule has 7 nitrogen and oxygen atoms in total. The van der Waals surface area contributed by atoms with E-state index in [0.29, 0.717) is 24.5 Å². The van der Waals surface area contributed by atoms with E-state index in [2.05, 4.69) is 27.9 Å². The van der Waals surface area contributed by atoms with Crippen molar-refractivity contribution >= 4 is 28.9 Å². The molecule has 1 aliphatic heterocycles. The van der Waals surface area contributed by atoms with Crippen LogP contribution < -0.4 is 16.0 Å². The molecule has 5 rings (SSSR count). The highest BCUT2D eigenvalue weighted by molar-refractivity contribution is 6.47. The van der Waals surface area contributed by atoms with Crippen LogP contribution in [0.4, 0.5) is 17.2 Å². The Kier molecular flexibility index (Phi) is 7.03. The molecule has 3 N–H and O–H groups in total. The number of Topliss-reactive ketones (excluding diaryl/α,β-unsaturated/α-hetero) is 1. The van der Waals surface area contributed by atoms with Crippen molar-refractivity contribution in [3.63, 3.8) is 0 Å². The Hall–Kier alpha value is -4.39. The third kappa shape index (κ3) is 5.56. The van der Waals surface area contributed by atoms with Gasteiger partial charge in [-0.3, -0.25) is 9.59 Å². The molecule has 7 heteroatoms. The number of fused-ring (bicyclic) bond motifs is 1. The standard InChI is InChI=1S/C30H31N5O2/c1-20-17-21(2)33-27(18-20)32-15-14-31-23-10-12-24(13-11-23)34-30(37)29(36)28-26(22-7-4-3-5-8-22)19-25-9-6-16-35(25)28/h3-5,7-8,10-13,17-19,31H,6,9,14-16H2,1-2H3,(H,32,33)(H,34,37). The van der Waals surface area contributed by atoms with Crippen molar-refractivity contribution in [2.45, 2.75) is 33.2 Å². The second-order valence-electron chi connectivity index (χ2n) is 9.40. The number of ketones is 1. The average molecular weight is 494 g/mol. The Balaban J connectivity index is 1.19. The molecule has 37 heavy (non-hydrogen) atoms. The highest BCUT2D eigenvalue weighted by Gasteiger charge is 2.28. The van der Waals surface area contributed by atoms with Crippen LogP contribution in [0.25, 0.3) is 11.1 Å². The molecule has 4 aromatic rings. The number of amides is 1. The van der Waals surface area contributed by atoms with Gasteiger partial charge in [0.1, 0.15) is 11.5 Å². The van der Waals surface area contributed by atoms with Crippen LogP contribution >= 0.6 is 0 Å². The largest absolute Gasteiger partial charge is 0.383 e. The maximum atomic E-state index is 13.3. The maximum absolute atomic E-state index is 13.3. The summed E-state index contributed by atoms with van der Waals surface area (Å²) in [4.78, 5) is 30.8. The molecule has 0 saturated carbocycles. The molecule has 1 aliphatic rings. The molecule has 0 fully saturated rings. The second-order valence-corrected chi connectivity index (χ2v) is 9.40. The van der Waals surface area contributed by atoms with Crippen molar-refractivity contribution in [1.82, 2.24) is 9.55 Å². The number of benzene rings is 2. The van der Waals surface area contributed by atoms with Gasteiger partial charge in [0.15, 0.2) is 0 Å². The van der Waals surface area contributed by atoms with Crippen LogP contribution in [0.1, 0.15) is 33.9 Å². The number of nitrogens with one attached hydrogen (secondary N) is 3. The second kappa shape index (κ2) is 10.7. The lowest BCUT2D eigenvalue weighted by Crippen LogP contribution is -2.25. The van der Waals surface area contributed by atoms with E-state index in [-0.39, 0.29) is 0 Å². The lowest BCUT2D eigenvalue weighted by Gasteiger charge is -2.11. The SMILES string of the molecule is Cc1cc(C)nc(NCCNc2ccc(NC(=O)C(=O)c3c(-c4ccccc4)cc4n3CCC4)cc2)c1. The Morgan fingerprint density at radius 3 is 2.38 bits per heavy atom. The number of hydrogen-bond donors (Lipinski definition) is 3. The molecule has 1 amide bonds. The van der Waals surface area contributed by atoms with Crippen LogP contribution in [-0.4, -0.2) is 34.3 Å². The zero-order chi connectivity index (χ0) is 25.8. The van der Waals surface area contributed by atoms with Crippen molar-refractivity contribution in [1.29, 1.82) is 0 Å². The van der Waals surface area contributed by atoms with Gasteiger partial charge >= 0.3 is 0 Å². The van der Waals surface area contributed by atoms with Crippen LogP contribution in [0.2, 0.25) is 0 Å². The van der Waals surface area contributed by atoms with Gasteiger partial charge in [0.25, 0.3) is 11.7 Å². The zero-order valence-corrected chi connectivity index (χ0v) is 21.2. The van der Waals surface area contributed by atoms with Crippen molar-refractivity contribution in [2.24, 2.45) is 0 Å². The molecular weight excluding hydrogens is 462 g/mol. The predicted molar refractivity (Wildman–Crippen MR) is 148 cm³/mol. The summed E-state index contributed by atoms with van der Waals surface area (Å²) < 4.78 is 2.00. The highest BCUT2D eigenvalue weighted by Crippen LogP contribution is 2.32. The highest BCUT2D eigenvalue weighted by atomic mass is 16.2. The first kappa shape index (κ1) is 24.3. The number of pyridine rings is 1. The minimum atomic E-state index is -0.629. The van der Waals surface area contributed by atoms with Gasteiger partial charge < -0.3 is 20.5 Å². The fourth-order valence-corrected chi connectivity index (χ4v) is 4.86. The summed E-state index contributed by atoms with van der Waals surface area (Å²) in [5.41, 5.74) is 7.01. The number of anilines is 3. The Bertz CT molecular complexity index is 1400. The van der Waals surface area contributed by atoms with E-state index in [4.69, 9.17) is 0 Å². The monoisotopic (exact) mass is 493 g/mol. The number of nitrogens with zero attached hydrogens (tertiary/aromatic N) is 2. The Morgan fingerprint density at radius 2 is 1.62 bits per heavy atom. The molecule has 188 valence electrons. The van der Waals surface area contributed by atoms with Crippen LogP contribution in [0, 0.1) is 13.8 Å². The zero-order valence-electron chi connectivity index (χ0n) is 21.2. The van der Waals surface area contributed by atoms with Crippen molar-refractivity contribution in [3.8, 4) is 11.1 Å². The molecule has 0 atom stereocenters. The summed E-state index contributed by atoms with van der Waals surface area (Å²) in [6.45, 7) is 6.22. The predicted octanol–water partition coefficient (Wildman–Crippen LogP) is 5.46. The van der Waals surface area contributed by atoms with Gasteiger partial charge in [-0.05, 0) is 80.3 Å². The summed E-state index contributed by atoms with van der Waals surface area (Å²) in [7, 11) is 0. The van der Waals surface area contributed by atoms with Gasteiger partial charge in [0.2, 0.25) is 0 Å². The molecule has 0 unspecified atom stereocenters. The first-order chi connectivity index (χ1) is 18.0. The summed E-state index contributed by atoms with van der Waals surface area (Å²) in [5, 5.41) is 9.45. The minimum absolute atomic E-state index is 0.472. The number of aromatic nitrogens is 2. The fraction of sp³-hybridized carbons (Fsp3) is 0.233. The van der Waals surface area contributed by atoms with Crippen molar-refractivity contribution < 1.29 is 9.59 Å². The minimum Gasteiger partial charge on any atom is -0.383 e. The molecule has 0 bridgehead atoms. The quantitative estimate of drug-likeness (QED) is 0.164. The summed E-state index contributed by atoms with van der Waals surface area (Å²) in [6, 6.07) is 23.3. The van der Waals surface area contributed by atoms with Crippen LogP contribution in [-0.2, 0) is 17.8 Å². The molecule has 3 heterocycles. The van der Waals surface area contributed by atoms with E-state index in [9.17, 15) is 9.59 Å². The van der Waals surface area contributed by atoms with Crippen LogP contribution in [0.15, 0.2) is 72.8 Å². The molecule has 0 radical (unpaired) electrons. The first-order valence-corrected chi connectivity index (χ1v) is 12.6. The lowest BCUT2D eigenvalue weighted by atomic mass is 10.0. The third-order valence-electron chi connectivity index (χ3n) is 6.50.